The standard InChI is InChI=1S/C16H13ClN4/c1-11(13-6-2-3-8-19-13)21-14-7-4-5-12(10-18)16(14)20-15(21)9-17/h2-8,11H,9H2,1H3. The van der Waals surface area contributed by atoms with E-state index < -0.39 is 0 Å². The monoisotopic (exact) mass is 296 g/mol. The highest BCUT2D eigenvalue weighted by Gasteiger charge is 2.18. The number of para-hydroxylation sites is 1. The normalized spacial score (nSPS) is 12.2. The highest BCUT2D eigenvalue weighted by molar-refractivity contribution is 6.16. The number of nitrogens with zero attached hydrogens (tertiary/aromatic N) is 4. The molecule has 1 aromatic carbocycles. The molecule has 2 heterocycles. The van der Waals surface area contributed by atoms with Crippen LogP contribution < -0.4 is 0 Å². The number of alkyl halides is 1. The van der Waals surface area contributed by atoms with Crippen LogP contribution in [0.5, 0.6) is 0 Å². The van der Waals surface area contributed by atoms with Crippen molar-refractivity contribution in [3.63, 3.8) is 0 Å². The van der Waals surface area contributed by atoms with Crippen molar-refractivity contribution in [1.29, 1.82) is 5.26 Å². The second-order valence-electron chi connectivity index (χ2n) is 4.75. The molecule has 0 saturated carbocycles. The van der Waals surface area contributed by atoms with Crippen molar-refractivity contribution in [2.24, 2.45) is 0 Å². The molecule has 0 N–H and O–H groups in total. The van der Waals surface area contributed by atoms with Crippen LogP contribution in [0, 0.1) is 11.3 Å². The number of pyridine rings is 1. The molecule has 4 nitrogen and oxygen atoms in total. The number of nitriles is 1. The molecule has 3 rings (SSSR count). The van der Waals surface area contributed by atoms with Gasteiger partial charge in [-0.2, -0.15) is 5.26 Å². The smallest absolute Gasteiger partial charge is 0.125 e. The van der Waals surface area contributed by atoms with Gasteiger partial charge in [0.15, 0.2) is 0 Å². The van der Waals surface area contributed by atoms with Crippen LogP contribution in [0.3, 0.4) is 0 Å². The van der Waals surface area contributed by atoms with E-state index in [9.17, 15) is 5.26 Å². The molecule has 3 aromatic rings. The van der Waals surface area contributed by atoms with Crippen molar-refractivity contribution < 1.29 is 0 Å². The van der Waals surface area contributed by atoms with E-state index in [1.165, 1.54) is 0 Å². The Kier molecular flexibility index (Phi) is 3.59. The zero-order chi connectivity index (χ0) is 14.8. The Labute approximate surface area is 127 Å². The molecule has 5 heteroatoms. The average Bonchev–Trinajstić information content (AvgIpc) is 2.93. The van der Waals surface area contributed by atoms with Gasteiger partial charge in [-0.25, -0.2) is 4.98 Å². The fraction of sp³-hybridized carbons (Fsp3) is 0.188. The third-order valence-electron chi connectivity index (χ3n) is 3.54. The maximum Gasteiger partial charge on any atom is 0.125 e. The summed E-state index contributed by atoms with van der Waals surface area (Å²) in [5, 5.41) is 9.22. The predicted molar refractivity (Wildman–Crippen MR) is 82.1 cm³/mol. The summed E-state index contributed by atoms with van der Waals surface area (Å²) < 4.78 is 2.05. The summed E-state index contributed by atoms with van der Waals surface area (Å²) in [5.41, 5.74) is 3.10. The van der Waals surface area contributed by atoms with Crippen molar-refractivity contribution >= 4 is 22.6 Å². The van der Waals surface area contributed by atoms with E-state index in [1.807, 2.05) is 34.9 Å². The van der Waals surface area contributed by atoms with E-state index in [0.717, 1.165) is 17.0 Å². The molecular formula is C16H13ClN4. The van der Waals surface area contributed by atoms with Gasteiger partial charge in [-0.05, 0) is 31.2 Å². The Balaban J connectivity index is 2.25. The van der Waals surface area contributed by atoms with Crippen molar-refractivity contribution in [3.8, 4) is 6.07 Å². The van der Waals surface area contributed by atoms with E-state index in [0.29, 0.717) is 11.1 Å². The fourth-order valence-electron chi connectivity index (χ4n) is 2.54. The number of fused-ring (bicyclic) bond motifs is 1. The van der Waals surface area contributed by atoms with Crippen LogP contribution in [0.4, 0.5) is 0 Å². The summed E-state index contributed by atoms with van der Waals surface area (Å²) in [6.45, 7) is 2.05. The summed E-state index contributed by atoms with van der Waals surface area (Å²) in [6.07, 6.45) is 1.77. The van der Waals surface area contributed by atoms with Crippen LogP contribution in [0.1, 0.15) is 30.0 Å². The molecule has 0 bridgehead atoms. The molecule has 0 aliphatic carbocycles. The van der Waals surface area contributed by atoms with E-state index >= 15 is 0 Å². The van der Waals surface area contributed by atoms with Crippen LogP contribution in [0.2, 0.25) is 0 Å². The maximum atomic E-state index is 9.22. The largest absolute Gasteiger partial charge is 0.318 e. The molecule has 21 heavy (non-hydrogen) atoms. The van der Waals surface area contributed by atoms with Gasteiger partial charge in [0.25, 0.3) is 0 Å². The van der Waals surface area contributed by atoms with Gasteiger partial charge < -0.3 is 4.57 Å². The molecule has 0 fully saturated rings. The lowest BCUT2D eigenvalue weighted by Crippen LogP contribution is -2.11. The quantitative estimate of drug-likeness (QED) is 0.693. The van der Waals surface area contributed by atoms with E-state index in [1.54, 1.807) is 12.3 Å². The number of aromatic nitrogens is 3. The minimum absolute atomic E-state index is 0.00103. The lowest BCUT2D eigenvalue weighted by atomic mass is 10.1. The molecule has 0 aliphatic rings. The first-order valence-corrected chi connectivity index (χ1v) is 7.16. The Morgan fingerprint density at radius 1 is 1.29 bits per heavy atom. The number of hydrogen-bond donors (Lipinski definition) is 0. The topological polar surface area (TPSA) is 54.5 Å². The van der Waals surface area contributed by atoms with Crippen LogP contribution in [-0.4, -0.2) is 14.5 Å². The zero-order valence-corrected chi connectivity index (χ0v) is 12.2. The van der Waals surface area contributed by atoms with Gasteiger partial charge in [-0.15, -0.1) is 11.6 Å². The van der Waals surface area contributed by atoms with Gasteiger partial charge in [0.1, 0.15) is 17.4 Å². The first kappa shape index (κ1) is 13.6. The molecule has 0 radical (unpaired) electrons. The minimum Gasteiger partial charge on any atom is -0.318 e. The molecule has 1 unspecified atom stereocenters. The van der Waals surface area contributed by atoms with Gasteiger partial charge >= 0.3 is 0 Å². The predicted octanol–water partition coefficient (Wildman–Crippen LogP) is 3.65. The third-order valence-corrected chi connectivity index (χ3v) is 3.78. The molecule has 0 amide bonds. The van der Waals surface area contributed by atoms with Gasteiger partial charge in [-0.3, -0.25) is 4.98 Å². The third kappa shape index (κ3) is 2.26. The summed E-state index contributed by atoms with van der Waals surface area (Å²) >= 11 is 6.04. The Hall–Kier alpha value is -2.38. The van der Waals surface area contributed by atoms with Gasteiger partial charge in [0, 0.05) is 6.20 Å². The number of imidazole rings is 1. The summed E-state index contributed by atoms with van der Waals surface area (Å²) in [7, 11) is 0. The molecule has 0 aliphatic heterocycles. The van der Waals surface area contributed by atoms with Gasteiger partial charge in [0.05, 0.1) is 28.7 Å². The number of hydrogen-bond acceptors (Lipinski definition) is 3. The first-order valence-electron chi connectivity index (χ1n) is 6.63. The van der Waals surface area contributed by atoms with Crippen molar-refractivity contribution in [2.75, 3.05) is 0 Å². The molecule has 0 spiro atoms. The molecule has 2 aromatic heterocycles. The molecule has 1 atom stereocenters. The van der Waals surface area contributed by atoms with Crippen LogP contribution in [-0.2, 0) is 5.88 Å². The highest BCUT2D eigenvalue weighted by atomic mass is 35.5. The van der Waals surface area contributed by atoms with Crippen molar-refractivity contribution in [3.05, 3.63) is 59.7 Å². The Morgan fingerprint density at radius 2 is 2.14 bits per heavy atom. The lowest BCUT2D eigenvalue weighted by molar-refractivity contribution is 0.616. The average molecular weight is 297 g/mol. The Morgan fingerprint density at radius 3 is 2.81 bits per heavy atom. The molecule has 104 valence electrons. The van der Waals surface area contributed by atoms with Crippen molar-refractivity contribution in [1.82, 2.24) is 14.5 Å². The summed E-state index contributed by atoms with van der Waals surface area (Å²) in [4.78, 5) is 8.93. The van der Waals surface area contributed by atoms with E-state index in [2.05, 4.69) is 23.0 Å². The molecule has 0 saturated heterocycles. The summed E-state index contributed by atoms with van der Waals surface area (Å²) in [5.74, 6) is 1.03. The van der Waals surface area contributed by atoms with E-state index in [-0.39, 0.29) is 11.9 Å². The fourth-order valence-corrected chi connectivity index (χ4v) is 2.73. The van der Waals surface area contributed by atoms with Gasteiger partial charge in [-0.1, -0.05) is 12.1 Å². The Bertz CT molecular complexity index is 817. The van der Waals surface area contributed by atoms with Gasteiger partial charge in [0.2, 0.25) is 0 Å². The first-order chi connectivity index (χ1) is 10.3. The van der Waals surface area contributed by atoms with Crippen LogP contribution in [0.15, 0.2) is 42.6 Å². The second-order valence-corrected chi connectivity index (χ2v) is 5.01. The van der Waals surface area contributed by atoms with Crippen LogP contribution >= 0.6 is 11.6 Å². The highest BCUT2D eigenvalue weighted by Crippen LogP contribution is 2.27. The van der Waals surface area contributed by atoms with E-state index in [4.69, 9.17) is 11.6 Å². The van der Waals surface area contributed by atoms with Crippen LogP contribution in [0.25, 0.3) is 11.0 Å². The maximum absolute atomic E-state index is 9.22. The number of benzene rings is 1. The SMILES string of the molecule is CC(c1ccccn1)n1c(CCl)nc2c(C#N)cccc21. The number of halogens is 1. The number of rotatable bonds is 3. The molecular weight excluding hydrogens is 284 g/mol. The summed E-state index contributed by atoms with van der Waals surface area (Å²) in [6, 6.07) is 13.6. The minimum atomic E-state index is -0.00103. The van der Waals surface area contributed by atoms with Crippen molar-refractivity contribution in [2.45, 2.75) is 18.8 Å². The lowest BCUT2D eigenvalue weighted by Gasteiger charge is -2.16. The second kappa shape index (κ2) is 5.55. The zero-order valence-electron chi connectivity index (χ0n) is 11.5.